The number of carbonyl (C=O) groups is 4. The van der Waals surface area contributed by atoms with Gasteiger partial charge in [0.1, 0.15) is 22.2 Å². The zero-order chi connectivity index (χ0) is 30.3. The van der Waals surface area contributed by atoms with Crippen LogP contribution in [0.2, 0.25) is 0 Å². The summed E-state index contributed by atoms with van der Waals surface area (Å²) in [5.41, 5.74) is 1.44. The van der Waals surface area contributed by atoms with Gasteiger partial charge in [0.15, 0.2) is 0 Å². The highest BCUT2D eigenvalue weighted by atomic mass is 35.5. The summed E-state index contributed by atoms with van der Waals surface area (Å²) >= 11 is 6.29. The second-order valence-corrected chi connectivity index (χ2v) is 9.80. The van der Waals surface area contributed by atoms with Crippen LogP contribution in [0, 0.1) is 0 Å². The Morgan fingerprint density at radius 2 is 1.47 bits per heavy atom. The third-order valence-electron chi connectivity index (χ3n) is 6.29. The number of esters is 1. The van der Waals surface area contributed by atoms with Crippen molar-refractivity contribution >= 4 is 52.4 Å². The second-order valence-electron chi connectivity index (χ2n) is 9.42. The molecule has 0 radical (unpaired) electrons. The zero-order valence-electron chi connectivity index (χ0n) is 23.0. The Kier molecular flexibility index (Phi) is 8.83. The summed E-state index contributed by atoms with van der Waals surface area (Å²) in [6.45, 7) is 2.12. The van der Waals surface area contributed by atoms with Gasteiger partial charge >= 0.3 is 5.97 Å². The lowest BCUT2D eigenvalue weighted by Crippen LogP contribution is -2.32. The molecule has 0 bridgehead atoms. The molecule has 1 aliphatic heterocycles. The number of anilines is 3. The van der Waals surface area contributed by atoms with E-state index < -0.39 is 17.8 Å². The van der Waals surface area contributed by atoms with Crippen LogP contribution in [0.25, 0.3) is 0 Å². The van der Waals surface area contributed by atoms with E-state index in [2.05, 4.69) is 10.6 Å². The molecule has 3 amide bonds. The Hall–Kier alpha value is -5.41. The molecule has 2 N–H and O–H groups in total. The molecule has 0 aliphatic carbocycles. The highest BCUT2D eigenvalue weighted by molar-refractivity contribution is 6.53. The zero-order valence-corrected chi connectivity index (χ0v) is 23.8. The number of benzene rings is 4. The standard InChI is InChI=1S/C33H26ClN3O6/c1-2-18-42-33(41)22-9-7-11-25(20-22)37-31(39)28(34)29(32(37)40)35-24-10-6-8-21(19-24)30(38)36-23-14-16-27(17-15-23)43-26-12-4-3-5-13-26/h3-17,19-20,35H,2,18H2,1H3,(H,36,38). The molecule has 4 aromatic carbocycles. The Labute approximate surface area is 252 Å². The highest BCUT2D eigenvalue weighted by Crippen LogP contribution is 2.31. The first-order chi connectivity index (χ1) is 20.8. The summed E-state index contributed by atoms with van der Waals surface area (Å²) < 4.78 is 10.9. The predicted octanol–water partition coefficient (Wildman–Crippen LogP) is 6.73. The molecule has 0 saturated carbocycles. The van der Waals surface area contributed by atoms with E-state index in [1.165, 1.54) is 24.3 Å². The molecule has 1 heterocycles. The number of hydrogen-bond donors (Lipinski definition) is 2. The molecule has 5 rings (SSSR count). The monoisotopic (exact) mass is 595 g/mol. The van der Waals surface area contributed by atoms with Crippen molar-refractivity contribution in [3.8, 4) is 11.5 Å². The minimum atomic E-state index is -0.748. The summed E-state index contributed by atoms with van der Waals surface area (Å²) in [5, 5.41) is 5.37. The van der Waals surface area contributed by atoms with Crippen LogP contribution < -0.4 is 20.3 Å². The molecule has 0 spiro atoms. The Bertz CT molecular complexity index is 1720. The van der Waals surface area contributed by atoms with E-state index in [0.717, 1.165) is 4.90 Å². The van der Waals surface area contributed by atoms with Gasteiger partial charge in [-0.3, -0.25) is 14.4 Å². The fraction of sp³-hybridized carbons (Fsp3) is 0.0909. The average Bonchev–Trinajstić information content (AvgIpc) is 3.24. The number of para-hydroxylation sites is 1. The Morgan fingerprint density at radius 1 is 0.767 bits per heavy atom. The van der Waals surface area contributed by atoms with Gasteiger partial charge in [-0.25, -0.2) is 9.69 Å². The van der Waals surface area contributed by atoms with Gasteiger partial charge in [0.2, 0.25) is 0 Å². The van der Waals surface area contributed by atoms with Crippen molar-refractivity contribution in [3.63, 3.8) is 0 Å². The quantitative estimate of drug-likeness (QED) is 0.154. The number of nitrogens with one attached hydrogen (secondary N) is 2. The largest absolute Gasteiger partial charge is 0.462 e. The van der Waals surface area contributed by atoms with Gasteiger partial charge < -0.3 is 20.1 Å². The summed E-state index contributed by atoms with van der Waals surface area (Å²) in [7, 11) is 0. The maximum absolute atomic E-state index is 13.3. The van der Waals surface area contributed by atoms with E-state index in [1.54, 1.807) is 48.5 Å². The molecule has 216 valence electrons. The second kappa shape index (κ2) is 13.1. The fourth-order valence-corrected chi connectivity index (χ4v) is 4.43. The number of imide groups is 1. The van der Waals surface area contributed by atoms with Gasteiger partial charge in [0, 0.05) is 16.9 Å². The van der Waals surface area contributed by atoms with Gasteiger partial charge in [-0.05, 0) is 79.2 Å². The third kappa shape index (κ3) is 6.74. The van der Waals surface area contributed by atoms with Crippen molar-refractivity contribution in [2.45, 2.75) is 13.3 Å². The molecule has 9 nitrogen and oxygen atoms in total. The fourth-order valence-electron chi connectivity index (χ4n) is 4.21. The molecule has 0 atom stereocenters. The molecule has 43 heavy (non-hydrogen) atoms. The molecule has 1 aliphatic rings. The van der Waals surface area contributed by atoms with Crippen LogP contribution in [0.15, 0.2) is 114 Å². The number of nitrogens with zero attached hydrogens (tertiary/aromatic N) is 1. The van der Waals surface area contributed by atoms with E-state index in [1.807, 2.05) is 37.3 Å². The number of rotatable bonds is 10. The lowest BCUT2D eigenvalue weighted by molar-refractivity contribution is -0.120. The predicted molar refractivity (Wildman–Crippen MR) is 163 cm³/mol. The molecule has 0 saturated heterocycles. The Morgan fingerprint density at radius 3 is 2.21 bits per heavy atom. The number of amides is 3. The smallest absolute Gasteiger partial charge is 0.338 e. The van der Waals surface area contributed by atoms with Crippen LogP contribution in [0.5, 0.6) is 11.5 Å². The Balaban J connectivity index is 1.26. The van der Waals surface area contributed by atoms with Gasteiger partial charge in [-0.15, -0.1) is 0 Å². The molecular weight excluding hydrogens is 570 g/mol. The van der Waals surface area contributed by atoms with Crippen LogP contribution in [0.1, 0.15) is 34.1 Å². The first-order valence-corrected chi connectivity index (χ1v) is 13.8. The van der Waals surface area contributed by atoms with E-state index in [-0.39, 0.29) is 34.5 Å². The number of hydrogen-bond acceptors (Lipinski definition) is 7. The van der Waals surface area contributed by atoms with Crippen molar-refractivity contribution in [2.75, 3.05) is 22.1 Å². The maximum Gasteiger partial charge on any atom is 0.338 e. The third-order valence-corrected chi connectivity index (χ3v) is 6.64. The lowest BCUT2D eigenvalue weighted by Gasteiger charge is -2.16. The van der Waals surface area contributed by atoms with Crippen LogP contribution in [-0.4, -0.2) is 30.3 Å². The van der Waals surface area contributed by atoms with Gasteiger partial charge in [-0.1, -0.05) is 48.9 Å². The van der Waals surface area contributed by atoms with E-state index in [9.17, 15) is 19.2 Å². The normalized spacial score (nSPS) is 12.7. The summed E-state index contributed by atoms with van der Waals surface area (Å²) in [4.78, 5) is 52.4. The van der Waals surface area contributed by atoms with E-state index >= 15 is 0 Å². The van der Waals surface area contributed by atoms with E-state index in [0.29, 0.717) is 34.9 Å². The minimum absolute atomic E-state index is 0.155. The van der Waals surface area contributed by atoms with Gasteiger partial charge in [0.05, 0.1) is 17.9 Å². The SMILES string of the molecule is CCCOC(=O)c1cccc(N2C(=O)C(Cl)=C(Nc3cccc(C(=O)Nc4ccc(Oc5ccccc5)cc4)c3)C2=O)c1. The van der Waals surface area contributed by atoms with Crippen molar-refractivity contribution in [2.24, 2.45) is 0 Å². The van der Waals surface area contributed by atoms with Crippen LogP contribution in [0.3, 0.4) is 0 Å². The van der Waals surface area contributed by atoms with Crippen LogP contribution in [-0.2, 0) is 14.3 Å². The molecule has 10 heteroatoms. The van der Waals surface area contributed by atoms with Crippen molar-refractivity contribution < 1.29 is 28.7 Å². The molecule has 0 fully saturated rings. The van der Waals surface area contributed by atoms with Gasteiger partial charge in [0.25, 0.3) is 17.7 Å². The first-order valence-electron chi connectivity index (χ1n) is 13.4. The summed E-state index contributed by atoms with van der Waals surface area (Å²) in [5.74, 6) is -1.09. The summed E-state index contributed by atoms with van der Waals surface area (Å²) in [6, 6.07) is 28.7. The van der Waals surface area contributed by atoms with Crippen molar-refractivity contribution in [1.29, 1.82) is 0 Å². The maximum atomic E-state index is 13.3. The van der Waals surface area contributed by atoms with Crippen LogP contribution >= 0.6 is 11.6 Å². The minimum Gasteiger partial charge on any atom is -0.462 e. The lowest BCUT2D eigenvalue weighted by atomic mass is 10.1. The number of carbonyl (C=O) groups excluding carboxylic acids is 4. The average molecular weight is 596 g/mol. The van der Waals surface area contributed by atoms with Crippen molar-refractivity contribution in [3.05, 3.63) is 125 Å². The number of ether oxygens (including phenoxy) is 2. The first kappa shape index (κ1) is 29.1. The molecular formula is C33H26ClN3O6. The number of halogens is 1. The molecule has 0 aromatic heterocycles. The molecule has 0 unspecified atom stereocenters. The van der Waals surface area contributed by atoms with Crippen LogP contribution in [0.4, 0.5) is 17.1 Å². The summed E-state index contributed by atoms with van der Waals surface area (Å²) in [6.07, 6.45) is 0.656. The van der Waals surface area contributed by atoms with E-state index in [4.69, 9.17) is 21.1 Å². The highest BCUT2D eigenvalue weighted by Gasteiger charge is 2.39. The van der Waals surface area contributed by atoms with Gasteiger partial charge in [-0.2, -0.15) is 0 Å². The van der Waals surface area contributed by atoms with Crippen molar-refractivity contribution in [1.82, 2.24) is 0 Å². The topological polar surface area (TPSA) is 114 Å². The molecule has 4 aromatic rings.